The van der Waals surface area contributed by atoms with E-state index >= 15 is 0 Å². The molecule has 1 saturated carbocycles. The second kappa shape index (κ2) is 6.15. The van der Waals surface area contributed by atoms with E-state index in [1.807, 2.05) is 13.2 Å². The van der Waals surface area contributed by atoms with Gasteiger partial charge in [-0.25, -0.2) is 0 Å². The summed E-state index contributed by atoms with van der Waals surface area (Å²) < 4.78 is 1.75. The van der Waals surface area contributed by atoms with Gasteiger partial charge in [-0.2, -0.15) is 0 Å². The Morgan fingerprint density at radius 2 is 2.00 bits per heavy atom. The number of hydrogen-bond acceptors (Lipinski definition) is 3. The number of aryl methyl sites for hydroxylation is 1. The molecule has 17 heavy (non-hydrogen) atoms. The highest BCUT2D eigenvalue weighted by atomic mass is 15.4. The quantitative estimate of drug-likeness (QED) is 0.851. The Labute approximate surface area is 104 Å². The van der Waals surface area contributed by atoms with Gasteiger partial charge in [0.05, 0.1) is 5.69 Å². The molecule has 2 rings (SSSR count). The Hall–Kier alpha value is -0.900. The molecule has 4 heteroatoms. The lowest BCUT2D eigenvalue weighted by Gasteiger charge is -2.27. The molecule has 0 spiro atoms. The van der Waals surface area contributed by atoms with Crippen molar-refractivity contribution in [1.82, 2.24) is 20.3 Å². The molecule has 4 nitrogen and oxygen atoms in total. The van der Waals surface area contributed by atoms with Crippen molar-refractivity contribution in [2.45, 2.75) is 45.6 Å². The maximum atomic E-state index is 4.07. The van der Waals surface area contributed by atoms with Crippen molar-refractivity contribution in [2.24, 2.45) is 18.9 Å². The van der Waals surface area contributed by atoms with Crippen molar-refractivity contribution in [3.63, 3.8) is 0 Å². The van der Waals surface area contributed by atoms with Gasteiger partial charge < -0.3 is 5.32 Å². The number of hydrogen-bond donors (Lipinski definition) is 1. The highest BCUT2D eigenvalue weighted by Crippen LogP contribution is 2.30. The highest BCUT2D eigenvalue weighted by molar-refractivity contribution is 4.91. The van der Waals surface area contributed by atoms with Gasteiger partial charge in [0.1, 0.15) is 0 Å². The second-order valence-electron chi connectivity index (χ2n) is 5.31. The van der Waals surface area contributed by atoms with Crippen molar-refractivity contribution >= 4 is 0 Å². The van der Waals surface area contributed by atoms with Gasteiger partial charge in [0.15, 0.2) is 0 Å². The van der Waals surface area contributed by atoms with Crippen LogP contribution in [0.5, 0.6) is 0 Å². The summed E-state index contributed by atoms with van der Waals surface area (Å²) in [6.45, 7) is 4.30. The van der Waals surface area contributed by atoms with Gasteiger partial charge in [0.2, 0.25) is 0 Å². The maximum absolute atomic E-state index is 4.07. The molecular weight excluding hydrogens is 212 g/mol. The molecule has 0 amide bonds. The van der Waals surface area contributed by atoms with Gasteiger partial charge >= 0.3 is 0 Å². The highest BCUT2D eigenvalue weighted by Gasteiger charge is 2.19. The van der Waals surface area contributed by atoms with Crippen molar-refractivity contribution in [3.8, 4) is 0 Å². The van der Waals surface area contributed by atoms with Crippen LogP contribution in [0.15, 0.2) is 6.20 Å². The maximum Gasteiger partial charge on any atom is 0.0964 e. The van der Waals surface area contributed by atoms with E-state index in [2.05, 4.69) is 22.6 Å². The van der Waals surface area contributed by atoms with E-state index in [4.69, 9.17) is 0 Å². The van der Waals surface area contributed by atoms with Crippen molar-refractivity contribution in [2.75, 3.05) is 6.54 Å². The molecule has 0 atom stereocenters. The zero-order valence-electron chi connectivity index (χ0n) is 11.0. The van der Waals surface area contributed by atoms with Crippen LogP contribution in [0, 0.1) is 11.8 Å². The van der Waals surface area contributed by atoms with E-state index in [1.54, 1.807) is 4.68 Å². The summed E-state index contributed by atoms with van der Waals surface area (Å²) in [6.07, 6.45) is 8.97. The van der Waals surface area contributed by atoms with E-state index in [-0.39, 0.29) is 0 Å². The normalized spacial score (nSPS) is 25.1. The van der Waals surface area contributed by atoms with E-state index in [9.17, 15) is 0 Å². The minimum absolute atomic E-state index is 0.849. The number of nitrogens with one attached hydrogen (secondary N) is 1. The first-order chi connectivity index (χ1) is 8.28. The Morgan fingerprint density at radius 3 is 2.59 bits per heavy atom. The minimum atomic E-state index is 0.849. The molecule has 0 aromatic carbocycles. The van der Waals surface area contributed by atoms with Gasteiger partial charge in [-0.3, -0.25) is 4.68 Å². The van der Waals surface area contributed by atoms with Crippen LogP contribution in [0.4, 0.5) is 0 Å². The van der Waals surface area contributed by atoms with Gasteiger partial charge in [0, 0.05) is 19.8 Å². The molecule has 1 N–H and O–H groups in total. The summed E-state index contributed by atoms with van der Waals surface area (Å²) in [7, 11) is 1.91. The lowest BCUT2D eigenvalue weighted by atomic mass is 9.81. The summed E-state index contributed by atoms with van der Waals surface area (Å²) in [5, 5.41) is 11.5. The number of nitrogens with zero attached hydrogens (tertiary/aromatic N) is 3. The van der Waals surface area contributed by atoms with Crippen LogP contribution < -0.4 is 5.32 Å². The molecule has 0 aliphatic heterocycles. The van der Waals surface area contributed by atoms with Gasteiger partial charge in [0.25, 0.3) is 0 Å². The van der Waals surface area contributed by atoms with Crippen LogP contribution >= 0.6 is 0 Å². The smallest absolute Gasteiger partial charge is 0.0964 e. The SMILES string of the molecule is CCC1CCC(CNCc2cn(C)nn2)CC1. The predicted octanol–water partition coefficient (Wildman–Crippen LogP) is 2.12. The molecule has 1 aliphatic rings. The van der Waals surface area contributed by atoms with Crippen LogP contribution in [0.2, 0.25) is 0 Å². The van der Waals surface area contributed by atoms with E-state index in [0.29, 0.717) is 0 Å². The van der Waals surface area contributed by atoms with Crippen LogP contribution in [-0.4, -0.2) is 21.5 Å². The van der Waals surface area contributed by atoms with Crippen LogP contribution in [0.1, 0.15) is 44.7 Å². The Bertz CT molecular complexity index is 326. The summed E-state index contributed by atoms with van der Waals surface area (Å²) in [5.41, 5.74) is 1.04. The molecule has 1 heterocycles. The third kappa shape index (κ3) is 3.80. The van der Waals surface area contributed by atoms with Crippen molar-refractivity contribution in [3.05, 3.63) is 11.9 Å². The average molecular weight is 236 g/mol. The molecule has 0 radical (unpaired) electrons. The molecular formula is C13H24N4. The third-order valence-electron chi connectivity index (χ3n) is 3.93. The van der Waals surface area contributed by atoms with Crippen molar-refractivity contribution < 1.29 is 0 Å². The van der Waals surface area contributed by atoms with Crippen LogP contribution in [-0.2, 0) is 13.6 Å². The summed E-state index contributed by atoms with van der Waals surface area (Å²) in [5.74, 6) is 1.86. The van der Waals surface area contributed by atoms with E-state index in [1.165, 1.54) is 32.1 Å². The fourth-order valence-electron chi connectivity index (χ4n) is 2.72. The fraction of sp³-hybridized carbons (Fsp3) is 0.846. The summed E-state index contributed by atoms with van der Waals surface area (Å²) in [4.78, 5) is 0. The van der Waals surface area contributed by atoms with E-state index < -0.39 is 0 Å². The monoisotopic (exact) mass is 236 g/mol. The lowest BCUT2D eigenvalue weighted by Crippen LogP contribution is -2.26. The zero-order chi connectivity index (χ0) is 12.1. The molecule has 1 aliphatic carbocycles. The molecule has 0 unspecified atom stereocenters. The third-order valence-corrected chi connectivity index (χ3v) is 3.93. The summed E-state index contributed by atoms with van der Waals surface area (Å²) >= 11 is 0. The second-order valence-corrected chi connectivity index (χ2v) is 5.31. The first kappa shape index (κ1) is 12.6. The van der Waals surface area contributed by atoms with E-state index in [0.717, 1.165) is 30.6 Å². The van der Waals surface area contributed by atoms with Crippen LogP contribution in [0.3, 0.4) is 0 Å². The Balaban J connectivity index is 1.63. The fourth-order valence-corrected chi connectivity index (χ4v) is 2.72. The number of aromatic nitrogens is 3. The van der Waals surface area contributed by atoms with Crippen molar-refractivity contribution in [1.29, 1.82) is 0 Å². The molecule has 96 valence electrons. The molecule has 1 aromatic rings. The minimum Gasteiger partial charge on any atom is -0.311 e. The molecule has 0 saturated heterocycles. The van der Waals surface area contributed by atoms with Gasteiger partial charge in [-0.1, -0.05) is 31.4 Å². The molecule has 0 bridgehead atoms. The Morgan fingerprint density at radius 1 is 1.29 bits per heavy atom. The average Bonchev–Trinajstić information content (AvgIpc) is 2.76. The molecule has 1 fully saturated rings. The summed E-state index contributed by atoms with van der Waals surface area (Å²) in [6, 6.07) is 0. The standard InChI is InChI=1S/C13H24N4/c1-3-11-4-6-12(7-5-11)8-14-9-13-10-17(2)16-15-13/h10-12,14H,3-9H2,1-2H3. The Kier molecular flexibility index (Phi) is 4.54. The first-order valence-corrected chi connectivity index (χ1v) is 6.83. The number of rotatable bonds is 5. The van der Waals surface area contributed by atoms with Gasteiger partial charge in [-0.05, 0) is 31.2 Å². The van der Waals surface area contributed by atoms with Crippen LogP contribution in [0.25, 0.3) is 0 Å². The largest absolute Gasteiger partial charge is 0.311 e. The first-order valence-electron chi connectivity index (χ1n) is 6.83. The molecule has 1 aromatic heterocycles. The lowest BCUT2D eigenvalue weighted by molar-refractivity contribution is 0.262. The zero-order valence-corrected chi connectivity index (χ0v) is 11.0. The van der Waals surface area contributed by atoms with Gasteiger partial charge in [-0.15, -0.1) is 5.10 Å². The topological polar surface area (TPSA) is 42.7 Å². The predicted molar refractivity (Wildman–Crippen MR) is 68.4 cm³/mol.